The number of ether oxygens (including phenoxy) is 3. The maximum Gasteiger partial charge on any atom is 0.273 e. The van der Waals surface area contributed by atoms with Crippen LogP contribution in [0.2, 0.25) is 0 Å². The highest BCUT2D eigenvalue weighted by Crippen LogP contribution is 2.46. The molecule has 1 amide bonds. The first kappa shape index (κ1) is 23.7. The molecule has 1 aliphatic heterocycles. The molecule has 1 saturated heterocycles. The van der Waals surface area contributed by atoms with Crippen molar-refractivity contribution in [3.63, 3.8) is 0 Å². The second-order valence-electron chi connectivity index (χ2n) is 8.56. The summed E-state index contributed by atoms with van der Waals surface area (Å²) in [7, 11) is 2.95. The Morgan fingerprint density at radius 3 is 2.53 bits per heavy atom. The van der Waals surface area contributed by atoms with E-state index in [9.17, 15) is 4.79 Å². The van der Waals surface area contributed by atoms with Gasteiger partial charge < -0.3 is 24.4 Å². The molecule has 0 unspecified atom stereocenters. The predicted molar refractivity (Wildman–Crippen MR) is 120 cm³/mol. The molecule has 0 saturated carbocycles. The Kier molecular flexibility index (Phi) is 7.16. The van der Waals surface area contributed by atoms with Gasteiger partial charge in [0.05, 0.1) is 13.2 Å². The molecule has 1 aromatic heterocycles. The highest BCUT2D eigenvalue weighted by atomic mass is 16.7. The van der Waals surface area contributed by atoms with Crippen LogP contribution in [-0.4, -0.2) is 44.0 Å². The maximum absolute atomic E-state index is 12.3. The summed E-state index contributed by atoms with van der Waals surface area (Å²) >= 11 is 0. The molecule has 1 fully saturated rings. The number of pyridine rings is 1. The van der Waals surface area contributed by atoms with Crippen molar-refractivity contribution in [1.29, 1.82) is 0 Å². The van der Waals surface area contributed by atoms with Crippen LogP contribution < -0.4 is 10.1 Å². The van der Waals surface area contributed by atoms with E-state index in [2.05, 4.69) is 36.2 Å². The number of benzene rings is 1. The van der Waals surface area contributed by atoms with Gasteiger partial charge in [-0.3, -0.25) is 4.79 Å². The third kappa shape index (κ3) is 4.61. The molecule has 0 atom stereocenters. The SMILES string of the molecule is CNC(=O)/C(=N\OC)c1ccccc1COc1ncc(C2(C(C)(C)C)OCCO2)cc1C. The van der Waals surface area contributed by atoms with Crippen LogP contribution in [0.5, 0.6) is 5.88 Å². The molecule has 1 aliphatic rings. The first-order valence-corrected chi connectivity index (χ1v) is 10.5. The summed E-state index contributed by atoms with van der Waals surface area (Å²) in [6.45, 7) is 9.48. The van der Waals surface area contributed by atoms with Gasteiger partial charge in [-0.15, -0.1) is 0 Å². The lowest BCUT2D eigenvalue weighted by Gasteiger charge is -2.39. The van der Waals surface area contributed by atoms with E-state index in [-0.39, 0.29) is 23.6 Å². The molecule has 3 rings (SSSR count). The Morgan fingerprint density at radius 1 is 1.25 bits per heavy atom. The van der Waals surface area contributed by atoms with Crippen molar-refractivity contribution in [2.75, 3.05) is 27.4 Å². The minimum absolute atomic E-state index is 0.178. The van der Waals surface area contributed by atoms with Gasteiger partial charge >= 0.3 is 0 Å². The van der Waals surface area contributed by atoms with Crippen molar-refractivity contribution in [3.8, 4) is 5.88 Å². The van der Waals surface area contributed by atoms with Gasteiger partial charge in [0, 0.05) is 35.3 Å². The van der Waals surface area contributed by atoms with Gasteiger partial charge in [-0.2, -0.15) is 0 Å². The van der Waals surface area contributed by atoms with Crippen molar-refractivity contribution < 1.29 is 23.8 Å². The highest BCUT2D eigenvalue weighted by Gasteiger charge is 2.49. The second kappa shape index (κ2) is 9.67. The fraction of sp³-hybridized carbons (Fsp3) is 0.458. The zero-order valence-corrected chi connectivity index (χ0v) is 19.5. The number of rotatable bonds is 7. The number of nitrogens with zero attached hydrogens (tertiary/aromatic N) is 2. The Bertz CT molecular complexity index is 991. The van der Waals surface area contributed by atoms with Gasteiger partial charge in [-0.1, -0.05) is 50.2 Å². The number of carbonyl (C=O) groups excluding carboxylic acids is 1. The standard InChI is InChI=1S/C24H31N3O5/c1-16-13-18(24(23(2,3)4)31-11-12-32-24)14-26-22(16)30-15-17-9-7-8-10-19(17)20(27-29-6)21(28)25-5/h7-10,13-14H,11-12,15H2,1-6H3,(H,25,28)/b27-20-. The van der Waals surface area contributed by atoms with Crippen LogP contribution in [0, 0.1) is 12.3 Å². The molecule has 8 nitrogen and oxygen atoms in total. The van der Waals surface area contributed by atoms with E-state index in [1.54, 1.807) is 19.3 Å². The van der Waals surface area contributed by atoms with Crippen LogP contribution in [0.25, 0.3) is 0 Å². The van der Waals surface area contributed by atoms with E-state index in [0.29, 0.717) is 24.7 Å². The van der Waals surface area contributed by atoms with E-state index >= 15 is 0 Å². The number of hydrogen-bond donors (Lipinski definition) is 1. The van der Waals surface area contributed by atoms with Crippen LogP contribution >= 0.6 is 0 Å². The van der Waals surface area contributed by atoms with Crippen LogP contribution in [0.4, 0.5) is 0 Å². The number of oxime groups is 1. The number of amides is 1. The van der Waals surface area contributed by atoms with Gasteiger partial charge in [0.25, 0.3) is 5.91 Å². The molecule has 2 aromatic rings. The average molecular weight is 442 g/mol. The Morgan fingerprint density at radius 2 is 1.94 bits per heavy atom. The highest BCUT2D eigenvalue weighted by molar-refractivity contribution is 6.45. The summed E-state index contributed by atoms with van der Waals surface area (Å²) in [6, 6.07) is 9.38. The van der Waals surface area contributed by atoms with Crippen molar-refractivity contribution >= 4 is 11.6 Å². The normalized spacial score (nSPS) is 16.0. The lowest BCUT2D eigenvalue weighted by atomic mass is 9.81. The van der Waals surface area contributed by atoms with Gasteiger partial charge in [-0.25, -0.2) is 4.98 Å². The fourth-order valence-electron chi connectivity index (χ4n) is 3.78. The van der Waals surface area contributed by atoms with Crippen LogP contribution in [0.1, 0.15) is 43.0 Å². The molecule has 0 radical (unpaired) electrons. The third-order valence-corrected chi connectivity index (χ3v) is 5.35. The van der Waals surface area contributed by atoms with E-state index < -0.39 is 5.79 Å². The number of nitrogens with one attached hydrogen (secondary N) is 1. The summed E-state index contributed by atoms with van der Waals surface area (Å²) in [5.41, 5.74) is 3.04. The third-order valence-electron chi connectivity index (χ3n) is 5.35. The molecule has 1 N–H and O–H groups in total. The van der Waals surface area contributed by atoms with Crippen LogP contribution in [0.15, 0.2) is 41.7 Å². The van der Waals surface area contributed by atoms with E-state index in [0.717, 1.165) is 16.7 Å². The molecule has 172 valence electrons. The van der Waals surface area contributed by atoms with Gasteiger partial charge in [0.2, 0.25) is 11.7 Å². The van der Waals surface area contributed by atoms with Gasteiger partial charge in [0.15, 0.2) is 5.71 Å². The van der Waals surface area contributed by atoms with Crippen molar-refractivity contribution in [3.05, 3.63) is 58.8 Å². The summed E-state index contributed by atoms with van der Waals surface area (Å²) in [4.78, 5) is 21.7. The van der Waals surface area contributed by atoms with Crippen LogP contribution in [-0.2, 0) is 31.5 Å². The Hall–Kier alpha value is -2.97. The molecular formula is C24H31N3O5. The predicted octanol–water partition coefficient (Wildman–Crippen LogP) is 3.31. The lowest BCUT2D eigenvalue weighted by Crippen LogP contribution is -2.41. The molecule has 2 heterocycles. The minimum Gasteiger partial charge on any atom is -0.473 e. The van der Waals surface area contributed by atoms with Gasteiger partial charge in [0.1, 0.15) is 13.7 Å². The molecule has 0 aliphatic carbocycles. The largest absolute Gasteiger partial charge is 0.473 e. The number of hydrogen-bond acceptors (Lipinski definition) is 7. The van der Waals surface area contributed by atoms with Crippen molar-refractivity contribution in [2.45, 2.75) is 40.1 Å². The minimum atomic E-state index is -0.838. The molecule has 0 bridgehead atoms. The molecule has 0 spiro atoms. The van der Waals surface area contributed by atoms with E-state index in [1.807, 2.05) is 31.2 Å². The fourth-order valence-corrected chi connectivity index (χ4v) is 3.78. The van der Waals surface area contributed by atoms with E-state index in [4.69, 9.17) is 19.0 Å². The summed E-state index contributed by atoms with van der Waals surface area (Å²) in [6.07, 6.45) is 1.74. The lowest BCUT2D eigenvalue weighted by molar-refractivity contribution is -0.232. The summed E-state index contributed by atoms with van der Waals surface area (Å²) < 4.78 is 18.1. The van der Waals surface area contributed by atoms with Crippen molar-refractivity contribution in [1.82, 2.24) is 10.3 Å². The second-order valence-corrected chi connectivity index (χ2v) is 8.56. The van der Waals surface area contributed by atoms with Crippen LogP contribution in [0.3, 0.4) is 0 Å². The molecule has 8 heteroatoms. The smallest absolute Gasteiger partial charge is 0.273 e. The first-order chi connectivity index (χ1) is 15.2. The number of likely N-dealkylation sites (N-methyl/N-ethyl adjacent to an activating group) is 1. The quantitative estimate of drug-likeness (QED) is 0.524. The van der Waals surface area contributed by atoms with Gasteiger partial charge in [-0.05, 0) is 18.6 Å². The Balaban J connectivity index is 1.85. The maximum atomic E-state index is 12.3. The summed E-state index contributed by atoms with van der Waals surface area (Å²) in [5.74, 6) is -0.688. The molecular weight excluding hydrogens is 410 g/mol. The monoisotopic (exact) mass is 441 g/mol. The zero-order valence-electron chi connectivity index (χ0n) is 19.5. The first-order valence-electron chi connectivity index (χ1n) is 10.5. The summed E-state index contributed by atoms with van der Waals surface area (Å²) in [5, 5.41) is 6.47. The molecule has 1 aromatic carbocycles. The number of aryl methyl sites for hydroxylation is 1. The van der Waals surface area contributed by atoms with E-state index in [1.165, 1.54) is 7.11 Å². The topological polar surface area (TPSA) is 91.3 Å². The number of carbonyl (C=O) groups is 1. The average Bonchev–Trinajstić information content (AvgIpc) is 3.28. The molecule has 32 heavy (non-hydrogen) atoms. The zero-order chi connectivity index (χ0) is 23.4. The number of aromatic nitrogens is 1. The Labute approximate surface area is 188 Å². The van der Waals surface area contributed by atoms with Crippen molar-refractivity contribution in [2.24, 2.45) is 10.6 Å².